The van der Waals surface area contributed by atoms with Crippen LogP contribution in [0.5, 0.6) is 0 Å². The predicted octanol–water partition coefficient (Wildman–Crippen LogP) is 2.84. The number of thiophene rings is 1. The number of amides is 1. The molecule has 0 radical (unpaired) electrons. The highest BCUT2D eigenvalue weighted by molar-refractivity contribution is 8.00. The lowest BCUT2D eigenvalue weighted by Crippen LogP contribution is -2.45. The summed E-state index contributed by atoms with van der Waals surface area (Å²) in [6, 6.07) is 2.03. The molecular weight excluding hydrogens is 294 g/mol. The normalized spacial score (nSPS) is 18.4. The average molecular weight is 313 g/mol. The number of hydrogen-bond donors (Lipinski definition) is 2. The molecule has 0 saturated heterocycles. The largest absolute Gasteiger partial charge is 0.481 e. The zero-order valence-electron chi connectivity index (χ0n) is 11.6. The number of fused-ring (bicyclic) bond motifs is 1. The van der Waals surface area contributed by atoms with Crippen molar-refractivity contribution in [2.24, 2.45) is 0 Å². The van der Waals surface area contributed by atoms with Gasteiger partial charge in [-0.1, -0.05) is 0 Å². The van der Waals surface area contributed by atoms with E-state index in [2.05, 4.69) is 5.32 Å². The van der Waals surface area contributed by atoms with E-state index in [1.807, 2.05) is 25.3 Å². The Labute approximate surface area is 127 Å². The molecular formula is C14H19NO3S2. The molecule has 6 heteroatoms. The van der Waals surface area contributed by atoms with Crippen molar-refractivity contribution in [2.45, 2.75) is 43.9 Å². The summed E-state index contributed by atoms with van der Waals surface area (Å²) in [5, 5.41) is 13.6. The van der Waals surface area contributed by atoms with Crippen LogP contribution in [0.3, 0.4) is 0 Å². The standard InChI is InChI=1S/C14H19NO3S2/c1-14(2,6-3-11(16)17)15-13(18)12-9-4-7-19-10(9)5-8-20-12/h4,7,12H,3,5-6,8H2,1-2H3,(H,15,18)(H,16,17). The van der Waals surface area contributed by atoms with E-state index in [0.717, 1.165) is 17.7 Å². The van der Waals surface area contributed by atoms with E-state index in [-0.39, 0.29) is 17.6 Å². The molecule has 2 N–H and O–H groups in total. The zero-order chi connectivity index (χ0) is 14.8. The Bertz CT molecular complexity index is 510. The van der Waals surface area contributed by atoms with E-state index in [1.54, 1.807) is 23.1 Å². The molecule has 1 unspecified atom stereocenters. The van der Waals surface area contributed by atoms with Gasteiger partial charge in [0.05, 0.1) is 0 Å². The maximum atomic E-state index is 12.4. The number of carboxylic acids is 1. The second-order valence-electron chi connectivity index (χ2n) is 5.57. The van der Waals surface area contributed by atoms with Gasteiger partial charge < -0.3 is 10.4 Å². The first-order valence-electron chi connectivity index (χ1n) is 6.61. The second-order valence-corrected chi connectivity index (χ2v) is 7.78. The number of carbonyl (C=O) groups is 2. The molecule has 110 valence electrons. The minimum absolute atomic E-state index is 0.00950. The summed E-state index contributed by atoms with van der Waals surface area (Å²) in [5.74, 6) is 0.116. The first-order chi connectivity index (χ1) is 9.39. The van der Waals surface area contributed by atoms with Gasteiger partial charge in [0.1, 0.15) is 5.25 Å². The van der Waals surface area contributed by atoms with Gasteiger partial charge in [-0.05, 0) is 49.5 Å². The molecule has 4 nitrogen and oxygen atoms in total. The number of aryl methyl sites for hydroxylation is 1. The van der Waals surface area contributed by atoms with Crippen molar-refractivity contribution in [3.63, 3.8) is 0 Å². The van der Waals surface area contributed by atoms with E-state index in [4.69, 9.17) is 5.11 Å². The highest BCUT2D eigenvalue weighted by Crippen LogP contribution is 2.39. The SMILES string of the molecule is CC(C)(CCC(=O)O)NC(=O)C1SCCc2sccc21. The number of nitrogens with one attached hydrogen (secondary N) is 1. The van der Waals surface area contributed by atoms with Crippen molar-refractivity contribution in [3.8, 4) is 0 Å². The van der Waals surface area contributed by atoms with Crippen LogP contribution in [0.4, 0.5) is 0 Å². The maximum Gasteiger partial charge on any atom is 0.303 e. The van der Waals surface area contributed by atoms with Gasteiger partial charge in [-0.3, -0.25) is 9.59 Å². The molecule has 2 rings (SSSR count). The summed E-state index contributed by atoms with van der Waals surface area (Å²) in [6.45, 7) is 3.74. The molecule has 1 aromatic heterocycles. The Balaban J connectivity index is 2.01. The van der Waals surface area contributed by atoms with Crippen LogP contribution >= 0.6 is 23.1 Å². The lowest BCUT2D eigenvalue weighted by Gasteiger charge is -2.29. The van der Waals surface area contributed by atoms with E-state index in [9.17, 15) is 9.59 Å². The van der Waals surface area contributed by atoms with Gasteiger partial charge in [-0.2, -0.15) is 0 Å². The van der Waals surface area contributed by atoms with Crippen molar-refractivity contribution < 1.29 is 14.7 Å². The summed E-state index contributed by atoms with van der Waals surface area (Å²) >= 11 is 3.37. The molecule has 0 aromatic carbocycles. The molecule has 1 aromatic rings. The predicted molar refractivity (Wildman–Crippen MR) is 82.3 cm³/mol. The Hall–Kier alpha value is -1.01. The van der Waals surface area contributed by atoms with Gasteiger partial charge in [0.15, 0.2) is 0 Å². The fourth-order valence-electron chi connectivity index (χ4n) is 2.24. The van der Waals surface area contributed by atoms with E-state index in [0.29, 0.717) is 6.42 Å². The van der Waals surface area contributed by atoms with Crippen molar-refractivity contribution in [1.29, 1.82) is 0 Å². The van der Waals surface area contributed by atoms with Crippen LogP contribution in [0, 0.1) is 0 Å². The van der Waals surface area contributed by atoms with Crippen LogP contribution < -0.4 is 5.32 Å². The summed E-state index contributed by atoms with van der Waals surface area (Å²) < 4.78 is 0. The van der Waals surface area contributed by atoms with Crippen LogP contribution in [-0.4, -0.2) is 28.3 Å². The third-order valence-electron chi connectivity index (χ3n) is 3.34. The number of carboxylic acid groups (broad SMARTS) is 1. The van der Waals surface area contributed by atoms with Gasteiger partial charge in [0, 0.05) is 16.8 Å². The number of thioether (sulfide) groups is 1. The minimum Gasteiger partial charge on any atom is -0.481 e. The van der Waals surface area contributed by atoms with Gasteiger partial charge in [0.25, 0.3) is 0 Å². The molecule has 0 saturated carbocycles. The van der Waals surface area contributed by atoms with Gasteiger partial charge in [-0.15, -0.1) is 23.1 Å². The molecule has 1 aliphatic rings. The second kappa shape index (κ2) is 6.18. The third-order valence-corrected chi connectivity index (χ3v) is 5.58. The number of aliphatic carboxylic acids is 1. The lowest BCUT2D eigenvalue weighted by molar-refractivity contribution is -0.137. The van der Waals surface area contributed by atoms with Crippen LogP contribution in [0.25, 0.3) is 0 Å². The van der Waals surface area contributed by atoms with Crippen LogP contribution in [0.1, 0.15) is 42.4 Å². The smallest absolute Gasteiger partial charge is 0.303 e. The lowest BCUT2D eigenvalue weighted by atomic mass is 9.97. The number of carbonyl (C=O) groups excluding carboxylic acids is 1. The van der Waals surface area contributed by atoms with E-state index < -0.39 is 11.5 Å². The summed E-state index contributed by atoms with van der Waals surface area (Å²) in [5.41, 5.74) is 0.627. The molecule has 1 aliphatic heterocycles. The van der Waals surface area contributed by atoms with Gasteiger partial charge in [-0.25, -0.2) is 0 Å². The van der Waals surface area contributed by atoms with Crippen molar-refractivity contribution in [1.82, 2.24) is 5.32 Å². The molecule has 1 amide bonds. The van der Waals surface area contributed by atoms with E-state index in [1.165, 1.54) is 4.88 Å². The molecule has 20 heavy (non-hydrogen) atoms. The van der Waals surface area contributed by atoms with Crippen molar-refractivity contribution in [3.05, 3.63) is 21.9 Å². The fourth-order valence-corrected chi connectivity index (χ4v) is 4.54. The quantitative estimate of drug-likeness (QED) is 0.877. The molecule has 0 fully saturated rings. The molecule has 2 heterocycles. The molecule has 0 aliphatic carbocycles. The third kappa shape index (κ3) is 3.76. The Morgan fingerprint density at radius 3 is 2.95 bits per heavy atom. The van der Waals surface area contributed by atoms with Crippen LogP contribution in [0.2, 0.25) is 0 Å². The Morgan fingerprint density at radius 2 is 2.25 bits per heavy atom. The number of hydrogen-bond acceptors (Lipinski definition) is 4. The van der Waals surface area contributed by atoms with Crippen molar-refractivity contribution in [2.75, 3.05) is 5.75 Å². The monoisotopic (exact) mass is 313 g/mol. The average Bonchev–Trinajstić information content (AvgIpc) is 2.83. The highest BCUT2D eigenvalue weighted by atomic mass is 32.2. The maximum absolute atomic E-state index is 12.4. The van der Waals surface area contributed by atoms with Crippen LogP contribution in [0.15, 0.2) is 11.4 Å². The molecule has 1 atom stereocenters. The highest BCUT2D eigenvalue weighted by Gasteiger charge is 2.31. The number of rotatable bonds is 5. The van der Waals surface area contributed by atoms with Crippen LogP contribution in [-0.2, 0) is 16.0 Å². The Morgan fingerprint density at radius 1 is 1.50 bits per heavy atom. The van der Waals surface area contributed by atoms with Crippen molar-refractivity contribution >= 4 is 35.0 Å². The summed E-state index contributed by atoms with van der Waals surface area (Å²) in [7, 11) is 0. The minimum atomic E-state index is -0.834. The Kier molecular flexibility index (Phi) is 4.75. The summed E-state index contributed by atoms with van der Waals surface area (Å²) in [4.78, 5) is 24.4. The molecule has 0 spiro atoms. The fraction of sp³-hybridized carbons (Fsp3) is 0.571. The summed E-state index contributed by atoms with van der Waals surface area (Å²) in [6.07, 6.45) is 1.53. The molecule has 0 bridgehead atoms. The zero-order valence-corrected chi connectivity index (χ0v) is 13.3. The first-order valence-corrected chi connectivity index (χ1v) is 8.53. The van der Waals surface area contributed by atoms with Gasteiger partial charge in [0.2, 0.25) is 5.91 Å². The first kappa shape index (κ1) is 15.4. The van der Waals surface area contributed by atoms with E-state index >= 15 is 0 Å². The van der Waals surface area contributed by atoms with Gasteiger partial charge >= 0.3 is 5.97 Å². The topological polar surface area (TPSA) is 66.4 Å².